The summed E-state index contributed by atoms with van der Waals surface area (Å²) in [6.45, 7) is 0.273. The first-order valence-electron chi connectivity index (χ1n) is 10.6. The zero-order valence-corrected chi connectivity index (χ0v) is 19.1. The second-order valence-corrected chi connectivity index (χ2v) is 7.46. The zero-order valence-electron chi connectivity index (χ0n) is 19.1. The van der Waals surface area contributed by atoms with Gasteiger partial charge in [0.05, 0.1) is 33.2 Å². The Labute approximate surface area is 195 Å². The lowest BCUT2D eigenvalue weighted by molar-refractivity contribution is -0.121. The standard InChI is InChI=1S/C24H25N5O5/c1-32-18-7-5-17(6-8-18)29-23-19(13-27-29)24(31)28(15-26-23)14-22(30)25-11-10-16-4-9-20(33-2)21(12-16)34-3/h4-9,12-13,15H,10-11,14H2,1-3H3,(H,25,30). The summed E-state index contributed by atoms with van der Waals surface area (Å²) >= 11 is 0. The fraction of sp³-hybridized carbons (Fsp3) is 0.250. The molecule has 2 aromatic heterocycles. The Morgan fingerprint density at radius 1 is 1.00 bits per heavy atom. The first-order valence-corrected chi connectivity index (χ1v) is 10.6. The third kappa shape index (κ3) is 4.70. The van der Waals surface area contributed by atoms with Crippen molar-refractivity contribution in [1.82, 2.24) is 24.6 Å². The minimum atomic E-state index is -0.334. The summed E-state index contributed by atoms with van der Waals surface area (Å²) in [6.07, 6.45) is 3.42. The maximum Gasteiger partial charge on any atom is 0.264 e. The molecule has 0 aliphatic carbocycles. The van der Waals surface area contributed by atoms with Gasteiger partial charge in [0.15, 0.2) is 17.1 Å². The van der Waals surface area contributed by atoms with E-state index in [2.05, 4.69) is 15.4 Å². The van der Waals surface area contributed by atoms with Crippen LogP contribution in [0.3, 0.4) is 0 Å². The Hall–Kier alpha value is -4.34. The van der Waals surface area contributed by atoms with Crippen molar-refractivity contribution in [1.29, 1.82) is 0 Å². The maximum atomic E-state index is 12.9. The number of hydrogen-bond donors (Lipinski definition) is 1. The molecule has 0 atom stereocenters. The van der Waals surface area contributed by atoms with Crippen molar-refractivity contribution in [2.24, 2.45) is 0 Å². The molecule has 0 bridgehead atoms. The van der Waals surface area contributed by atoms with Gasteiger partial charge in [-0.1, -0.05) is 6.07 Å². The van der Waals surface area contributed by atoms with E-state index in [1.54, 1.807) is 38.1 Å². The van der Waals surface area contributed by atoms with Gasteiger partial charge in [-0.05, 0) is 48.4 Å². The highest BCUT2D eigenvalue weighted by molar-refractivity contribution is 5.77. The van der Waals surface area contributed by atoms with Crippen molar-refractivity contribution in [3.63, 3.8) is 0 Å². The Kier molecular flexibility index (Phi) is 6.77. The number of methoxy groups -OCH3 is 3. The molecule has 176 valence electrons. The van der Waals surface area contributed by atoms with Gasteiger partial charge in [0.25, 0.3) is 5.56 Å². The molecule has 0 radical (unpaired) electrons. The van der Waals surface area contributed by atoms with E-state index in [1.807, 2.05) is 30.3 Å². The predicted molar refractivity (Wildman–Crippen MR) is 126 cm³/mol. The molecule has 0 fully saturated rings. The number of nitrogens with zero attached hydrogens (tertiary/aromatic N) is 4. The summed E-state index contributed by atoms with van der Waals surface area (Å²) in [6, 6.07) is 12.9. The molecule has 2 aromatic carbocycles. The Balaban J connectivity index is 1.41. The van der Waals surface area contributed by atoms with Crippen molar-refractivity contribution in [2.45, 2.75) is 13.0 Å². The minimum Gasteiger partial charge on any atom is -0.497 e. The monoisotopic (exact) mass is 463 g/mol. The van der Waals surface area contributed by atoms with Gasteiger partial charge in [-0.25, -0.2) is 9.67 Å². The van der Waals surface area contributed by atoms with Gasteiger partial charge in [-0.2, -0.15) is 5.10 Å². The number of nitrogens with one attached hydrogen (secondary N) is 1. The molecular formula is C24H25N5O5. The third-order valence-electron chi connectivity index (χ3n) is 5.37. The quantitative estimate of drug-likeness (QED) is 0.404. The topological polar surface area (TPSA) is 110 Å². The number of aromatic nitrogens is 4. The van der Waals surface area contributed by atoms with E-state index in [0.29, 0.717) is 41.2 Å². The molecule has 0 aliphatic heterocycles. The molecule has 10 heteroatoms. The molecule has 1 N–H and O–H groups in total. The van der Waals surface area contributed by atoms with Gasteiger partial charge < -0.3 is 19.5 Å². The Morgan fingerprint density at radius 2 is 1.76 bits per heavy atom. The summed E-state index contributed by atoms with van der Waals surface area (Å²) in [7, 11) is 4.75. The van der Waals surface area contributed by atoms with E-state index >= 15 is 0 Å². The van der Waals surface area contributed by atoms with Crippen LogP contribution in [0.2, 0.25) is 0 Å². The Bertz CT molecular complexity index is 1360. The van der Waals surface area contributed by atoms with Gasteiger partial charge in [-0.3, -0.25) is 14.2 Å². The van der Waals surface area contributed by atoms with Gasteiger partial charge in [0.1, 0.15) is 24.0 Å². The number of carbonyl (C=O) groups is 1. The third-order valence-corrected chi connectivity index (χ3v) is 5.37. The number of carbonyl (C=O) groups excluding carboxylic acids is 1. The molecule has 34 heavy (non-hydrogen) atoms. The van der Waals surface area contributed by atoms with Crippen LogP contribution >= 0.6 is 0 Å². The number of fused-ring (bicyclic) bond motifs is 1. The van der Waals surface area contributed by atoms with Crippen LogP contribution in [0.15, 0.2) is 59.8 Å². The number of ether oxygens (including phenoxy) is 3. The van der Waals surface area contributed by atoms with Crippen LogP contribution in [0, 0.1) is 0 Å². The summed E-state index contributed by atoms with van der Waals surface area (Å²) in [4.78, 5) is 29.7. The van der Waals surface area contributed by atoms with Crippen LogP contribution in [0.5, 0.6) is 17.2 Å². The second kappa shape index (κ2) is 10.1. The first kappa shape index (κ1) is 22.8. The lowest BCUT2D eigenvalue weighted by atomic mass is 10.1. The fourth-order valence-corrected chi connectivity index (χ4v) is 3.57. The zero-order chi connectivity index (χ0) is 24.1. The normalized spacial score (nSPS) is 10.8. The molecule has 0 unspecified atom stereocenters. The van der Waals surface area contributed by atoms with Crippen molar-refractivity contribution in [3.8, 4) is 22.9 Å². The van der Waals surface area contributed by atoms with Crippen LogP contribution in [-0.4, -0.2) is 53.1 Å². The molecule has 2 heterocycles. The largest absolute Gasteiger partial charge is 0.497 e. The fourth-order valence-electron chi connectivity index (χ4n) is 3.57. The second-order valence-electron chi connectivity index (χ2n) is 7.46. The van der Waals surface area contributed by atoms with Crippen LogP contribution in [-0.2, 0) is 17.8 Å². The van der Waals surface area contributed by atoms with E-state index in [0.717, 1.165) is 11.3 Å². The number of amides is 1. The smallest absolute Gasteiger partial charge is 0.264 e. The molecule has 0 aliphatic rings. The van der Waals surface area contributed by atoms with Crippen molar-refractivity contribution < 1.29 is 19.0 Å². The SMILES string of the molecule is COc1ccc(-n2ncc3c(=O)n(CC(=O)NCCc4ccc(OC)c(OC)c4)cnc32)cc1. The highest BCUT2D eigenvalue weighted by atomic mass is 16.5. The lowest BCUT2D eigenvalue weighted by Crippen LogP contribution is -2.33. The van der Waals surface area contributed by atoms with Gasteiger partial charge in [0, 0.05) is 6.54 Å². The highest BCUT2D eigenvalue weighted by Crippen LogP contribution is 2.27. The molecular weight excluding hydrogens is 438 g/mol. The van der Waals surface area contributed by atoms with Crippen LogP contribution in [0.25, 0.3) is 16.7 Å². The van der Waals surface area contributed by atoms with E-state index in [-0.39, 0.29) is 18.0 Å². The average Bonchev–Trinajstić information content (AvgIpc) is 3.30. The van der Waals surface area contributed by atoms with Crippen molar-refractivity contribution >= 4 is 16.9 Å². The number of benzene rings is 2. The van der Waals surface area contributed by atoms with Crippen molar-refractivity contribution in [3.05, 3.63) is 70.9 Å². The number of rotatable bonds is 9. The van der Waals surface area contributed by atoms with Gasteiger partial charge in [0.2, 0.25) is 5.91 Å². The average molecular weight is 463 g/mol. The number of hydrogen-bond acceptors (Lipinski definition) is 7. The van der Waals surface area contributed by atoms with Gasteiger partial charge in [-0.15, -0.1) is 0 Å². The Morgan fingerprint density at radius 3 is 2.47 bits per heavy atom. The molecule has 0 saturated heterocycles. The van der Waals surface area contributed by atoms with Crippen LogP contribution in [0.1, 0.15) is 5.56 Å². The lowest BCUT2D eigenvalue weighted by Gasteiger charge is -2.10. The highest BCUT2D eigenvalue weighted by Gasteiger charge is 2.13. The van der Waals surface area contributed by atoms with E-state index in [4.69, 9.17) is 14.2 Å². The molecule has 0 spiro atoms. The van der Waals surface area contributed by atoms with Crippen molar-refractivity contribution in [2.75, 3.05) is 27.9 Å². The summed E-state index contributed by atoms with van der Waals surface area (Å²) in [5.74, 6) is 1.71. The molecule has 0 saturated carbocycles. The molecule has 10 nitrogen and oxygen atoms in total. The maximum absolute atomic E-state index is 12.9. The van der Waals surface area contributed by atoms with Crippen LogP contribution in [0.4, 0.5) is 0 Å². The molecule has 4 rings (SSSR count). The molecule has 4 aromatic rings. The predicted octanol–water partition coefficient (Wildman–Crippen LogP) is 1.97. The summed E-state index contributed by atoms with van der Waals surface area (Å²) < 4.78 is 18.6. The van der Waals surface area contributed by atoms with E-state index in [1.165, 1.54) is 17.1 Å². The summed E-state index contributed by atoms with van der Waals surface area (Å²) in [5, 5.41) is 7.45. The van der Waals surface area contributed by atoms with E-state index < -0.39 is 0 Å². The van der Waals surface area contributed by atoms with Gasteiger partial charge >= 0.3 is 0 Å². The first-order chi connectivity index (χ1) is 16.5. The van der Waals surface area contributed by atoms with E-state index in [9.17, 15) is 9.59 Å². The molecule has 1 amide bonds. The minimum absolute atomic E-state index is 0.137. The van der Waals surface area contributed by atoms with Crippen LogP contribution < -0.4 is 25.1 Å². The summed E-state index contributed by atoms with van der Waals surface area (Å²) in [5.41, 5.74) is 1.82.